The van der Waals surface area contributed by atoms with Crippen molar-refractivity contribution in [1.29, 1.82) is 0 Å². The van der Waals surface area contributed by atoms with Crippen molar-refractivity contribution in [2.24, 2.45) is 5.92 Å². The van der Waals surface area contributed by atoms with Gasteiger partial charge in [0.25, 0.3) is 0 Å². The van der Waals surface area contributed by atoms with E-state index < -0.39 is 0 Å². The molecule has 4 heteroatoms. The first-order chi connectivity index (χ1) is 8.25. The Labute approximate surface area is 108 Å². The zero-order valence-electron chi connectivity index (χ0n) is 9.37. The minimum Gasteiger partial charge on any atom is -0.490 e. The van der Waals surface area contributed by atoms with Gasteiger partial charge in [0.05, 0.1) is 13.2 Å². The Bertz CT molecular complexity index is 466. The molecule has 0 spiro atoms. The highest BCUT2D eigenvalue weighted by atomic mass is 79.9. The van der Waals surface area contributed by atoms with Gasteiger partial charge in [-0.25, -0.2) is 0 Å². The van der Waals surface area contributed by atoms with Crippen molar-refractivity contribution in [2.45, 2.75) is 19.3 Å². The van der Waals surface area contributed by atoms with Gasteiger partial charge in [0.2, 0.25) is 0 Å². The third-order valence-corrected chi connectivity index (χ3v) is 3.71. The van der Waals surface area contributed by atoms with Crippen molar-refractivity contribution in [3.63, 3.8) is 0 Å². The zero-order valence-corrected chi connectivity index (χ0v) is 11.0. The zero-order chi connectivity index (χ0) is 11.8. The normalized spacial score (nSPS) is 18.6. The maximum atomic E-state index is 12.1. The number of rotatable bonds is 2. The van der Waals surface area contributed by atoms with Crippen LogP contribution < -0.4 is 9.47 Å². The van der Waals surface area contributed by atoms with Crippen LogP contribution in [0.2, 0.25) is 0 Å². The lowest BCUT2D eigenvalue weighted by Crippen LogP contribution is -2.03. The molecule has 1 aromatic carbocycles. The summed E-state index contributed by atoms with van der Waals surface area (Å²) >= 11 is 3.44. The molecule has 3 nitrogen and oxygen atoms in total. The number of hydrogen-bond donors (Lipinski definition) is 0. The molecular formula is C13H13BrO3. The Hall–Kier alpha value is -1.03. The summed E-state index contributed by atoms with van der Waals surface area (Å²) in [5.74, 6) is 1.85. The van der Waals surface area contributed by atoms with Crippen LogP contribution in [0.3, 0.4) is 0 Å². The third-order valence-electron chi connectivity index (χ3n) is 3.05. The van der Waals surface area contributed by atoms with Crippen LogP contribution in [0, 0.1) is 5.92 Å². The molecule has 2 aliphatic rings. The highest BCUT2D eigenvalue weighted by Gasteiger charge is 2.32. The maximum Gasteiger partial charge on any atom is 0.167 e. The van der Waals surface area contributed by atoms with Crippen LogP contribution in [-0.2, 0) is 0 Å². The second-order valence-electron chi connectivity index (χ2n) is 4.47. The number of carbonyl (C=O) groups excluding carboxylic acids is 1. The van der Waals surface area contributed by atoms with Crippen molar-refractivity contribution < 1.29 is 14.3 Å². The molecule has 1 aliphatic heterocycles. The van der Waals surface area contributed by atoms with Crippen LogP contribution in [0.1, 0.15) is 29.6 Å². The van der Waals surface area contributed by atoms with E-state index >= 15 is 0 Å². The van der Waals surface area contributed by atoms with Gasteiger partial charge in [0.15, 0.2) is 17.3 Å². The van der Waals surface area contributed by atoms with Crippen LogP contribution in [0.5, 0.6) is 11.5 Å². The van der Waals surface area contributed by atoms with Gasteiger partial charge in [-0.3, -0.25) is 4.79 Å². The highest BCUT2D eigenvalue weighted by molar-refractivity contribution is 9.10. The van der Waals surface area contributed by atoms with Crippen molar-refractivity contribution in [2.75, 3.05) is 13.2 Å². The molecular weight excluding hydrogens is 284 g/mol. The largest absolute Gasteiger partial charge is 0.490 e. The van der Waals surface area contributed by atoms with Gasteiger partial charge in [-0.1, -0.05) is 0 Å². The Morgan fingerprint density at radius 3 is 2.47 bits per heavy atom. The Balaban J connectivity index is 1.99. The van der Waals surface area contributed by atoms with Crippen LogP contribution in [-0.4, -0.2) is 19.0 Å². The quantitative estimate of drug-likeness (QED) is 0.786. The number of hydrogen-bond acceptors (Lipinski definition) is 3. The predicted octanol–water partition coefficient (Wildman–Crippen LogP) is 3.20. The van der Waals surface area contributed by atoms with E-state index in [1.807, 2.05) is 12.1 Å². The minimum absolute atomic E-state index is 0.215. The molecule has 0 aromatic heterocycles. The smallest absolute Gasteiger partial charge is 0.167 e. The molecule has 1 saturated carbocycles. The number of ketones is 1. The maximum absolute atomic E-state index is 12.1. The summed E-state index contributed by atoms with van der Waals surface area (Å²) in [6.07, 6.45) is 2.90. The summed E-state index contributed by atoms with van der Waals surface area (Å²) in [5.41, 5.74) is 0.719. The fourth-order valence-corrected chi connectivity index (χ4v) is 2.46. The van der Waals surface area contributed by atoms with Gasteiger partial charge < -0.3 is 9.47 Å². The first-order valence-corrected chi connectivity index (χ1v) is 6.68. The highest BCUT2D eigenvalue weighted by Crippen LogP contribution is 2.39. The van der Waals surface area contributed by atoms with Gasteiger partial charge in [-0.15, -0.1) is 0 Å². The lowest BCUT2D eigenvalue weighted by atomic mass is 10.1. The number of fused-ring (bicyclic) bond motifs is 1. The summed E-state index contributed by atoms with van der Waals surface area (Å²) < 4.78 is 12.0. The van der Waals surface area contributed by atoms with Gasteiger partial charge >= 0.3 is 0 Å². The number of carbonyl (C=O) groups is 1. The molecule has 0 saturated heterocycles. The summed E-state index contributed by atoms with van der Waals surface area (Å²) in [7, 11) is 0. The van der Waals surface area contributed by atoms with Crippen molar-refractivity contribution in [3.8, 4) is 11.5 Å². The van der Waals surface area contributed by atoms with Crippen LogP contribution >= 0.6 is 15.9 Å². The fraction of sp³-hybridized carbons (Fsp3) is 0.462. The number of halogens is 1. The Morgan fingerprint density at radius 2 is 1.82 bits per heavy atom. The van der Waals surface area contributed by atoms with Crippen molar-refractivity contribution >= 4 is 21.7 Å². The predicted molar refractivity (Wildman–Crippen MR) is 66.8 cm³/mol. The topological polar surface area (TPSA) is 35.5 Å². The molecule has 3 rings (SSSR count). The first kappa shape index (κ1) is 11.1. The van der Waals surface area contributed by atoms with E-state index in [1.54, 1.807) is 0 Å². The molecule has 1 aliphatic carbocycles. The van der Waals surface area contributed by atoms with Gasteiger partial charge in [-0.2, -0.15) is 0 Å². The van der Waals surface area contributed by atoms with Gasteiger partial charge in [-0.05, 0) is 40.9 Å². The van der Waals surface area contributed by atoms with E-state index in [0.29, 0.717) is 19.0 Å². The third kappa shape index (κ3) is 2.18. The molecule has 0 radical (unpaired) electrons. The summed E-state index contributed by atoms with van der Waals surface area (Å²) in [4.78, 5) is 12.1. The number of Topliss-reactive ketones (excluding diaryl/α,β-unsaturated/α-hetero) is 1. The van der Waals surface area contributed by atoms with E-state index in [-0.39, 0.29) is 11.7 Å². The molecule has 1 aromatic rings. The van der Waals surface area contributed by atoms with E-state index in [0.717, 1.165) is 35.0 Å². The lowest BCUT2D eigenvalue weighted by molar-refractivity contribution is 0.0966. The molecule has 1 fully saturated rings. The lowest BCUT2D eigenvalue weighted by Gasteiger charge is -2.10. The van der Waals surface area contributed by atoms with Crippen LogP contribution in [0.25, 0.3) is 0 Å². The average Bonchev–Trinajstić information content (AvgIpc) is 3.14. The molecule has 1 heterocycles. The van der Waals surface area contributed by atoms with Gasteiger partial charge in [0.1, 0.15) is 0 Å². The molecule has 0 N–H and O–H groups in total. The average molecular weight is 297 g/mol. The van der Waals surface area contributed by atoms with Crippen molar-refractivity contribution in [3.05, 3.63) is 22.2 Å². The number of benzene rings is 1. The fourth-order valence-electron chi connectivity index (χ4n) is 1.94. The molecule has 0 unspecified atom stereocenters. The van der Waals surface area contributed by atoms with Crippen LogP contribution in [0.15, 0.2) is 16.6 Å². The second-order valence-corrected chi connectivity index (χ2v) is 5.32. The second kappa shape index (κ2) is 4.33. The SMILES string of the molecule is O=C(c1cc2c(cc1Br)OCCCO2)C1CC1. The van der Waals surface area contributed by atoms with E-state index in [1.165, 1.54) is 0 Å². The molecule has 0 bridgehead atoms. The Kier molecular flexibility index (Phi) is 2.82. The van der Waals surface area contributed by atoms with E-state index in [4.69, 9.17) is 9.47 Å². The summed E-state index contributed by atoms with van der Waals surface area (Å²) in [5, 5.41) is 0. The van der Waals surface area contributed by atoms with Gasteiger partial charge in [0, 0.05) is 22.4 Å². The van der Waals surface area contributed by atoms with Crippen LogP contribution in [0.4, 0.5) is 0 Å². The minimum atomic E-state index is 0.215. The first-order valence-electron chi connectivity index (χ1n) is 5.89. The number of ether oxygens (including phenoxy) is 2. The summed E-state index contributed by atoms with van der Waals surface area (Å²) in [6, 6.07) is 3.65. The standard InChI is InChI=1S/C13H13BrO3/c14-10-7-12-11(16-4-1-5-17-12)6-9(10)13(15)8-2-3-8/h6-8H,1-5H2. The molecule has 90 valence electrons. The Morgan fingerprint density at radius 1 is 1.18 bits per heavy atom. The molecule has 0 amide bonds. The molecule has 17 heavy (non-hydrogen) atoms. The monoisotopic (exact) mass is 296 g/mol. The molecule has 0 atom stereocenters. The summed E-state index contributed by atoms with van der Waals surface area (Å²) in [6.45, 7) is 1.31. The van der Waals surface area contributed by atoms with E-state index in [2.05, 4.69) is 15.9 Å². The van der Waals surface area contributed by atoms with E-state index in [9.17, 15) is 4.79 Å². The van der Waals surface area contributed by atoms with Crippen molar-refractivity contribution in [1.82, 2.24) is 0 Å².